The number of azide groups is 1. The van der Waals surface area contributed by atoms with Crippen LogP contribution >= 0.6 is 0 Å². The highest BCUT2D eigenvalue weighted by molar-refractivity contribution is 5.20. The molecule has 176 valence electrons. The summed E-state index contributed by atoms with van der Waals surface area (Å²) >= 11 is 0. The molecule has 14 heteroatoms. The molecule has 2 atom stereocenters. The Bertz CT molecular complexity index is 868. The highest BCUT2D eigenvalue weighted by Crippen LogP contribution is 2.29. The molecule has 0 amide bonds. The van der Waals surface area contributed by atoms with Crippen molar-refractivity contribution >= 4 is 0 Å². The number of hydrogen-bond donors (Lipinski definition) is 3. The number of aliphatic hydroxyl groups excluding tert-OH is 2. The molecule has 2 unspecified atom stereocenters. The molecule has 0 aliphatic rings. The van der Waals surface area contributed by atoms with Crippen molar-refractivity contribution in [2.45, 2.75) is 37.3 Å². The van der Waals surface area contributed by atoms with Gasteiger partial charge in [0.1, 0.15) is 11.4 Å². The first-order valence-electron chi connectivity index (χ1n) is 9.01. The largest absolute Gasteiger partial charge is 0.433 e. The highest BCUT2D eigenvalue weighted by Gasteiger charge is 2.33. The monoisotopic (exact) mass is 466 g/mol. The Morgan fingerprint density at radius 1 is 0.875 bits per heavy atom. The van der Waals surface area contributed by atoms with E-state index in [0.717, 1.165) is 24.5 Å². The molecule has 0 aromatic carbocycles. The molecule has 0 saturated carbocycles. The Kier molecular flexibility index (Phi) is 10.3. The summed E-state index contributed by atoms with van der Waals surface area (Å²) in [5.74, 6) is 0. The van der Waals surface area contributed by atoms with Crippen molar-refractivity contribution in [3.8, 4) is 0 Å². The molecule has 2 rings (SSSR count). The predicted octanol–water partition coefficient (Wildman–Crippen LogP) is 4.32. The number of aliphatic hydroxyl groups is 2. The maximum atomic E-state index is 12.2. The minimum atomic E-state index is -4.50. The molecule has 0 spiro atoms. The van der Waals surface area contributed by atoms with Crippen LogP contribution in [0.4, 0.5) is 26.3 Å². The Labute approximate surface area is 178 Å². The summed E-state index contributed by atoms with van der Waals surface area (Å²) in [7, 11) is 0. The molecular formula is C18H20F6N6O2. The molecular weight excluding hydrogens is 446 g/mol. The lowest BCUT2D eigenvalue weighted by atomic mass is 10.1. The van der Waals surface area contributed by atoms with Gasteiger partial charge in [-0.25, -0.2) is 0 Å². The first kappa shape index (κ1) is 27.1. The summed E-state index contributed by atoms with van der Waals surface area (Å²) in [6.07, 6.45) is -6.41. The Morgan fingerprint density at radius 3 is 1.69 bits per heavy atom. The van der Waals surface area contributed by atoms with E-state index in [1.54, 1.807) is 0 Å². The number of pyridine rings is 2. The van der Waals surface area contributed by atoms with Crippen LogP contribution in [0.25, 0.3) is 10.4 Å². The summed E-state index contributed by atoms with van der Waals surface area (Å²) in [5.41, 5.74) is 12.7. The van der Waals surface area contributed by atoms with Crippen molar-refractivity contribution in [1.29, 1.82) is 0 Å². The van der Waals surface area contributed by atoms with Crippen LogP contribution in [0.2, 0.25) is 0 Å². The third-order valence-corrected chi connectivity index (χ3v) is 4.00. The minimum absolute atomic E-state index is 0.109. The second-order valence-electron chi connectivity index (χ2n) is 6.30. The molecule has 0 saturated heterocycles. The van der Waals surface area contributed by atoms with Gasteiger partial charge in [0, 0.05) is 36.6 Å². The van der Waals surface area contributed by atoms with Gasteiger partial charge in [-0.2, -0.15) is 26.3 Å². The fraction of sp³-hybridized carbons (Fsp3) is 0.444. The predicted molar refractivity (Wildman–Crippen MR) is 101 cm³/mol. The van der Waals surface area contributed by atoms with Crippen molar-refractivity contribution < 1.29 is 36.6 Å². The molecule has 0 fully saturated rings. The molecule has 0 aliphatic carbocycles. The summed E-state index contributed by atoms with van der Waals surface area (Å²) in [6.45, 7) is -0.340. The first-order chi connectivity index (χ1) is 14.9. The number of rotatable bonds is 7. The zero-order valence-corrected chi connectivity index (χ0v) is 16.4. The van der Waals surface area contributed by atoms with E-state index >= 15 is 0 Å². The molecule has 0 bridgehead atoms. The van der Waals surface area contributed by atoms with Crippen LogP contribution in [0.1, 0.15) is 47.4 Å². The zero-order chi connectivity index (χ0) is 24.4. The van der Waals surface area contributed by atoms with Gasteiger partial charge in [0.15, 0.2) is 0 Å². The standard InChI is InChI=1S/C9H9F3N4O.C9H11F3N2O/c10-9(11,12)8-2-1-6(5-14-8)7(3-4-17)15-16-13;10-9(11,12)8-2-1-6(5-14-8)7(13)3-4-15/h1-2,5,7,17H,3-4H2;1-2,5,7,15H,3-4,13H2. The number of nitrogens with two attached hydrogens (primary N) is 1. The molecule has 2 aromatic heterocycles. The Hall–Kier alpha value is -2.93. The van der Waals surface area contributed by atoms with Gasteiger partial charge in [-0.05, 0) is 41.6 Å². The van der Waals surface area contributed by atoms with Gasteiger partial charge in [0.2, 0.25) is 0 Å². The van der Waals surface area contributed by atoms with Gasteiger partial charge in [0.25, 0.3) is 0 Å². The van der Waals surface area contributed by atoms with Gasteiger partial charge >= 0.3 is 12.4 Å². The smallest absolute Gasteiger partial charge is 0.396 e. The third-order valence-electron chi connectivity index (χ3n) is 4.00. The maximum Gasteiger partial charge on any atom is 0.433 e. The van der Waals surface area contributed by atoms with E-state index in [9.17, 15) is 26.3 Å². The summed E-state index contributed by atoms with van der Waals surface area (Å²) in [5, 5.41) is 20.7. The van der Waals surface area contributed by atoms with Gasteiger partial charge in [-0.15, -0.1) is 0 Å². The molecule has 0 aliphatic heterocycles. The van der Waals surface area contributed by atoms with Crippen LogP contribution in [0.5, 0.6) is 0 Å². The summed E-state index contributed by atoms with van der Waals surface area (Å²) in [6, 6.07) is 2.96. The molecule has 32 heavy (non-hydrogen) atoms. The minimum Gasteiger partial charge on any atom is -0.396 e. The maximum absolute atomic E-state index is 12.2. The number of hydrogen-bond acceptors (Lipinski definition) is 6. The molecule has 8 nitrogen and oxygen atoms in total. The second-order valence-corrected chi connectivity index (χ2v) is 6.30. The highest BCUT2D eigenvalue weighted by atomic mass is 19.4. The van der Waals surface area contributed by atoms with E-state index < -0.39 is 35.8 Å². The van der Waals surface area contributed by atoms with Gasteiger partial charge in [-0.1, -0.05) is 17.2 Å². The average molecular weight is 466 g/mol. The van der Waals surface area contributed by atoms with Crippen molar-refractivity contribution in [2.24, 2.45) is 10.8 Å². The topological polar surface area (TPSA) is 141 Å². The second kappa shape index (κ2) is 12.2. The van der Waals surface area contributed by atoms with E-state index in [2.05, 4.69) is 20.0 Å². The number of nitrogens with zero attached hydrogens (tertiary/aromatic N) is 5. The SMILES string of the molecule is NC(CCO)c1ccc(C(F)(F)F)nc1.[N-]=[N+]=NC(CCO)c1ccc(C(F)(F)F)nc1. The normalized spacial score (nSPS) is 13.4. The lowest BCUT2D eigenvalue weighted by molar-refractivity contribution is -0.142. The van der Waals surface area contributed by atoms with Crippen LogP contribution in [0, 0.1) is 0 Å². The number of alkyl halides is 6. The lowest BCUT2D eigenvalue weighted by Gasteiger charge is -2.11. The van der Waals surface area contributed by atoms with Crippen molar-refractivity contribution in [3.05, 3.63) is 69.6 Å². The average Bonchev–Trinajstić information content (AvgIpc) is 2.73. The third kappa shape index (κ3) is 8.67. The van der Waals surface area contributed by atoms with E-state index in [1.165, 1.54) is 12.1 Å². The summed E-state index contributed by atoms with van der Waals surface area (Å²) in [4.78, 5) is 9.08. The molecule has 0 radical (unpaired) electrons. The molecule has 4 N–H and O–H groups in total. The lowest BCUT2D eigenvalue weighted by Crippen LogP contribution is -2.14. The zero-order valence-electron chi connectivity index (χ0n) is 16.4. The first-order valence-corrected chi connectivity index (χ1v) is 9.01. The fourth-order valence-corrected chi connectivity index (χ4v) is 2.34. The van der Waals surface area contributed by atoms with Gasteiger partial charge in [0.05, 0.1) is 6.04 Å². The van der Waals surface area contributed by atoms with Crippen molar-refractivity contribution in [2.75, 3.05) is 13.2 Å². The molecule has 2 aromatic rings. The molecule has 2 heterocycles. The van der Waals surface area contributed by atoms with E-state index in [-0.39, 0.29) is 19.6 Å². The van der Waals surface area contributed by atoms with Crippen LogP contribution in [-0.4, -0.2) is 33.4 Å². The Balaban J connectivity index is 0.000000323. The van der Waals surface area contributed by atoms with Crippen LogP contribution < -0.4 is 5.73 Å². The summed E-state index contributed by atoms with van der Waals surface area (Å²) < 4.78 is 73.1. The Morgan fingerprint density at radius 2 is 1.34 bits per heavy atom. The van der Waals surface area contributed by atoms with Crippen LogP contribution in [0.3, 0.4) is 0 Å². The fourth-order valence-electron chi connectivity index (χ4n) is 2.34. The van der Waals surface area contributed by atoms with E-state index in [0.29, 0.717) is 17.5 Å². The van der Waals surface area contributed by atoms with Gasteiger partial charge < -0.3 is 15.9 Å². The van der Waals surface area contributed by atoms with Gasteiger partial charge in [-0.3, -0.25) is 9.97 Å². The van der Waals surface area contributed by atoms with E-state index in [4.69, 9.17) is 21.5 Å². The van der Waals surface area contributed by atoms with Crippen LogP contribution in [-0.2, 0) is 12.4 Å². The number of halogens is 6. The van der Waals surface area contributed by atoms with Crippen molar-refractivity contribution in [3.63, 3.8) is 0 Å². The van der Waals surface area contributed by atoms with E-state index in [1.807, 2.05) is 0 Å². The quantitative estimate of drug-likeness (QED) is 0.241. The van der Waals surface area contributed by atoms with Crippen LogP contribution in [0.15, 0.2) is 41.8 Å². The van der Waals surface area contributed by atoms with Crippen molar-refractivity contribution in [1.82, 2.24) is 9.97 Å². The number of aromatic nitrogens is 2.